The van der Waals surface area contributed by atoms with Crippen LogP contribution in [0.5, 0.6) is 17.2 Å². The average Bonchev–Trinajstić information content (AvgIpc) is 3.39. The van der Waals surface area contributed by atoms with Gasteiger partial charge in [0.2, 0.25) is 0 Å². The Kier molecular flexibility index (Phi) is 7.79. The Bertz CT molecular complexity index is 1410. The van der Waals surface area contributed by atoms with Crippen LogP contribution in [0.1, 0.15) is 47.2 Å². The molecule has 1 unspecified atom stereocenters. The van der Waals surface area contributed by atoms with E-state index in [1.165, 1.54) is 54.6 Å². The van der Waals surface area contributed by atoms with Crippen molar-refractivity contribution in [2.75, 3.05) is 13.2 Å². The highest BCUT2D eigenvalue weighted by atomic mass is 19.4. The van der Waals surface area contributed by atoms with Crippen molar-refractivity contribution >= 4 is 5.78 Å². The summed E-state index contributed by atoms with van der Waals surface area (Å²) in [6.45, 7) is 1.16. The fourth-order valence-electron chi connectivity index (χ4n) is 4.80. The maximum absolute atomic E-state index is 14.3. The summed E-state index contributed by atoms with van der Waals surface area (Å²) in [7, 11) is 0. The molecule has 3 N–H and O–H groups in total. The molecule has 208 valence electrons. The third-order valence-corrected chi connectivity index (χ3v) is 6.88. The van der Waals surface area contributed by atoms with Gasteiger partial charge < -0.3 is 24.8 Å². The maximum atomic E-state index is 14.3. The Morgan fingerprint density at radius 1 is 0.975 bits per heavy atom. The van der Waals surface area contributed by atoms with Gasteiger partial charge in [-0.1, -0.05) is 11.6 Å². The number of piperidine rings is 1. The monoisotopic (exact) mass is 552 g/mol. The molecule has 3 aromatic carbocycles. The first-order valence-electron chi connectivity index (χ1n) is 12.9. The quantitative estimate of drug-likeness (QED) is 0.212. The van der Waals surface area contributed by atoms with Gasteiger partial charge in [0.05, 0.1) is 17.7 Å². The molecule has 0 aliphatic carbocycles. The Labute approximate surface area is 228 Å². The van der Waals surface area contributed by atoms with E-state index in [0.29, 0.717) is 17.5 Å². The van der Waals surface area contributed by atoms with Gasteiger partial charge in [-0.15, -0.1) is 0 Å². The van der Waals surface area contributed by atoms with Gasteiger partial charge in [0.25, 0.3) is 0 Å². The first-order chi connectivity index (χ1) is 19.2. The van der Waals surface area contributed by atoms with Crippen molar-refractivity contribution in [1.82, 2.24) is 10.5 Å². The fraction of sp³-hybridized carbons (Fsp3) is 0.267. The van der Waals surface area contributed by atoms with E-state index in [0.717, 1.165) is 37.9 Å². The third kappa shape index (κ3) is 5.96. The van der Waals surface area contributed by atoms with E-state index in [1.807, 2.05) is 0 Å². The molecule has 0 bridgehead atoms. The topological polar surface area (TPSA) is 105 Å². The number of ether oxygens (including phenoxy) is 1. The van der Waals surface area contributed by atoms with Crippen LogP contribution in [0.2, 0.25) is 0 Å². The number of ketones is 1. The number of nitrogens with zero attached hydrogens (tertiary/aromatic N) is 1. The van der Waals surface area contributed by atoms with Crippen LogP contribution in [0.4, 0.5) is 13.2 Å². The lowest BCUT2D eigenvalue weighted by molar-refractivity contribution is -0.138. The van der Waals surface area contributed by atoms with Crippen molar-refractivity contribution in [2.45, 2.75) is 37.9 Å². The van der Waals surface area contributed by atoms with Crippen molar-refractivity contribution in [3.05, 3.63) is 83.4 Å². The molecule has 0 amide bonds. The van der Waals surface area contributed by atoms with Crippen LogP contribution in [-0.4, -0.2) is 40.3 Å². The van der Waals surface area contributed by atoms with Gasteiger partial charge in [-0.2, -0.15) is 13.2 Å². The lowest BCUT2D eigenvalue weighted by atomic mass is 9.92. The number of rotatable bonds is 8. The molecular formula is C30H27F3N2O5. The normalized spacial score (nSPS) is 15.6. The number of hydrogen-bond donors (Lipinski definition) is 3. The van der Waals surface area contributed by atoms with Crippen molar-refractivity contribution in [3.63, 3.8) is 0 Å². The highest BCUT2D eigenvalue weighted by molar-refractivity contribution is 6.16. The van der Waals surface area contributed by atoms with E-state index in [2.05, 4.69) is 10.5 Å². The standard InChI is InChI=1S/C30H27F3N2O5/c31-30(32,33)25-17-23(39-16-14-20-3-1-2-15-34-20)12-13-24(25)28(38)26-27(18-4-8-21(36)9-5-18)35-40-29(26)19-6-10-22(37)11-7-19/h4-13,17,20,34,36-37H,1-3,14-16H2. The van der Waals surface area contributed by atoms with Crippen molar-refractivity contribution < 1.29 is 37.4 Å². The minimum absolute atomic E-state index is 0.0153. The largest absolute Gasteiger partial charge is 0.508 e. The number of nitrogens with one attached hydrogen (secondary N) is 1. The van der Waals surface area contributed by atoms with Crippen LogP contribution >= 0.6 is 0 Å². The number of aromatic nitrogens is 1. The second-order valence-corrected chi connectivity index (χ2v) is 9.65. The molecular weight excluding hydrogens is 525 g/mol. The molecule has 0 radical (unpaired) electrons. The summed E-state index contributed by atoms with van der Waals surface area (Å²) in [4.78, 5) is 13.9. The molecule has 10 heteroatoms. The summed E-state index contributed by atoms with van der Waals surface area (Å²) >= 11 is 0. The SMILES string of the molecule is O=C(c1ccc(OCCC2CCCCN2)cc1C(F)(F)F)c1c(-c2ccc(O)cc2)noc1-c1ccc(O)cc1. The predicted molar refractivity (Wildman–Crippen MR) is 141 cm³/mol. The molecule has 7 nitrogen and oxygen atoms in total. The Hall–Kier alpha value is -4.31. The zero-order chi connectivity index (χ0) is 28.3. The van der Waals surface area contributed by atoms with Gasteiger partial charge in [0, 0.05) is 22.7 Å². The number of phenolic OH excluding ortho intramolecular Hbond substituents is 2. The highest BCUT2D eigenvalue weighted by Crippen LogP contribution is 2.39. The first kappa shape index (κ1) is 27.3. The lowest BCUT2D eigenvalue weighted by Gasteiger charge is -2.23. The van der Waals surface area contributed by atoms with E-state index in [4.69, 9.17) is 9.26 Å². The second-order valence-electron chi connectivity index (χ2n) is 9.65. The van der Waals surface area contributed by atoms with Crippen LogP contribution in [0.3, 0.4) is 0 Å². The number of phenols is 2. The average molecular weight is 553 g/mol. The molecule has 5 rings (SSSR count). The minimum atomic E-state index is -4.84. The smallest absolute Gasteiger partial charge is 0.417 e. The molecule has 0 spiro atoms. The van der Waals surface area contributed by atoms with E-state index in [1.54, 1.807) is 0 Å². The van der Waals surface area contributed by atoms with Gasteiger partial charge in [0.15, 0.2) is 11.5 Å². The highest BCUT2D eigenvalue weighted by Gasteiger charge is 2.38. The summed E-state index contributed by atoms with van der Waals surface area (Å²) in [5, 5.41) is 26.7. The Morgan fingerprint density at radius 2 is 1.65 bits per heavy atom. The van der Waals surface area contributed by atoms with Crippen LogP contribution < -0.4 is 10.1 Å². The lowest BCUT2D eigenvalue weighted by Crippen LogP contribution is -2.35. The molecule has 1 fully saturated rings. The molecule has 1 atom stereocenters. The van der Waals surface area contributed by atoms with Gasteiger partial charge >= 0.3 is 6.18 Å². The van der Waals surface area contributed by atoms with Crippen molar-refractivity contribution in [1.29, 1.82) is 0 Å². The summed E-state index contributed by atoms with van der Waals surface area (Å²) in [5.41, 5.74) is -1.19. The molecule has 0 saturated carbocycles. The van der Waals surface area contributed by atoms with Crippen molar-refractivity contribution in [2.24, 2.45) is 0 Å². The van der Waals surface area contributed by atoms with E-state index in [9.17, 15) is 28.2 Å². The second kappa shape index (κ2) is 11.4. The molecule has 40 heavy (non-hydrogen) atoms. The number of benzene rings is 3. The molecule has 1 saturated heterocycles. The number of alkyl halides is 3. The molecule has 2 heterocycles. The zero-order valence-electron chi connectivity index (χ0n) is 21.4. The Balaban J connectivity index is 1.52. The summed E-state index contributed by atoms with van der Waals surface area (Å²) in [5.74, 6) is -1.06. The van der Waals surface area contributed by atoms with Gasteiger partial charge in [-0.05, 0) is 92.5 Å². The fourth-order valence-corrected chi connectivity index (χ4v) is 4.80. The zero-order valence-corrected chi connectivity index (χ0v) is 21.4. The van der Waals surface area contributed by atoms with E-state index >= 15 is 0 Å². The molecule has 1 aliphatic rings. The number of hydrogen-bond acceptors (Lipinski definition) is 7. The van der Waals surface area contributed by atoms with Gasteiger partial charge in [-0.3, -0.25) is 4.79 Å². The molecule has 1 aromatic heterocycles. The number of halogens is 3. The molecule has 1 aliphatic heterocycles. The van der Waals surface area contributed by atoms with Crippen LogP contribution in [0.25, 0.3) is 22.6 Å². The van der Waals surface area contributed by atoms with Gasteiger partial charge in [0.1, 0.15) is 22.9 Å². The number of aromatic hydroxyl groups is 2. The number of carbonyl (C=O) groups excluding carboxylic acids is 1. The summed E-state index contributed by atoms with van der Waals surface area (Å²) in [6.07, 6.45) is -0.973. The third-order valence-electron chi connectivity index (χ3n) is 6.88. The summed E-state index contributed by atoms with van der Waals surface area (Å²) < 4.78 is 53.9. The Morgan fingerprint density at radius 3 is 2.27 bits per heavy atom. The maximum Gasteiger partial charge on any atom is 0.417 e. The molecule has 4 aromatic rings. The van der Waals surface area contributed by atoms with Crippen LogP contribution in [0, 0.1) is 0 Å². The van der Waals surface area contributed by atoms with Crippen molar-refractivity contribution in [3.8, 4) is 39.8 Å². The van der Waals surface area contributed by atoms with Gasteiger partial charge in [-0.25, -0.2) is 0 Å². The minimum Gasteiger partial charge on any atom is -0.508 e. The van der Waals surface area contributed by atoms with Crippen LogP contribution in [0.15, 0.2) is 71.3 Å². The van der Waals surface area contributed by atoms with Crippen LogP contribution in [-0.2, 0) is 6.18 Å². The summed E-state index contributed by atoms with van der Waals surface area (Å²) in [6, 6.07) is 14.9. The van der Waals surface area contributed by atoms with E-state index in [-0.39, 0.29) is 46.9 Å². The van der Waals surface area contributed by atoms with E-state index < -0.39 is 23.1 Å². The predicted octanol–water partition coefficient (Wildman–Crippen LogP) is 6.58. The first-order valence-corrected chi connectivity index (χ1v) is 12.9. The number of carbonyl (C=O) groups is 1.